The molecule has 1 heterocycles. The third-order valence-corrected chi connectivity index (χ3v) is 4.02. The molecule has 2 aromatic rings. The molecule has 0 atom stereocenters. The van der Waals surface area contributed by atoms with E-state index in [9.17, 15) is 4.79 Å². The largest absolute Gasteiger partial charge is 0.462 e. The number of ether oxygens (including phenoxy) is 1. The average Bonchev–Trinajstić information content (AvgIpc) is 2.80. The Kier molecular flexibility index (Phi) is 5.09. The van der Waals surface area contributed by atoms with Gasteiger partial charge >= 0.3 is 5.97 Å². The van der Waals surface area contributed by atoms with Crippen LogP contribution in [0.15, 0.2) is 35.4 Å². The van der Waals surface area contributed by atoms with Crippen molar-refractivity contribution in [2.24, 2.45) is 7.05 Å². The van der Waals surface area contributed by atoms with E-state index in [0.717, 1.165) is 10.6 Å². The van der Waals surface area contributed by atoms with Gasteiger partial charge in [0.05, 0.1) is 18.5 Å². The van der Waals surface area contributed by atoms with E-state index in [-0.39, 0.29) is 5.97 Å². The van der Waals surface area contributed by atoms with Gasteiger partial charge in [-0.1, -0.05) is 11.6 Å². The molecule has 0 bridgehead atoms. The van der Waals surface area contributed by atoms with Crippen LogP contribution in [0.2, 0.25) is 5.02 Å². The molecule has 0 aliphatic rings. The van der Waals surface area contributed by atoms with Gasteiger partial charge in [-0.25, -0.2) is 4.79 Å². The third kappa shape index (κ3) is 3.55. The van der Waals surface area contributed by atoms with Gasteiger partial charge in [0.2, 0.25) is 0 Å². The number of carbonyl (C=O) groups excluding carboxylic acids is 1. The van der Waals surface area contributed by atoms with Crippen LogP contribution in [0.1, 0.15) is 23.0 Å². The Morgan fingerprint density at radius 2 is 2.10 bits per heavy atom. The second-order valence-electron chi connectivity index (χ2n) is 4.09. The summed E-state index contributed by atoms with van der Waals surface area (Å²) >= 11 is 7.48. The minimum atomic E-state index is -0.327. The fourth-order valence-electron chi connectivity index (χ4n) is 1.70. The summed E-state index contributed by atoms with van der Waals surface area (Å²) in [5.74, 6) is 0.319. The summed E-state index contributed by atoms with van der Waals surface area (Å²) < 4.78 is 6.73. The number of hydrogen-bond acceptors (Lipinski definition) is 4. The molecule has 4 nitrogen and oxygen atoms in total. The van der Waals surface area contributed by atoms with E-state index in [2.05, 4.69) is 5.10 Å². The van der Waals surface area contributed by atoms with Crippen molar-refractivity contribution in [3.8, 4) is 0 Å². The third-order valence-electron chi connectivity index (χ3n) is 2.75. The minimum absolute atomic E-state index is 0.327. The molecule has 0 saturated heterocycles. The zero-order chi connectivity index (χ0) is 14.5. The highest BCUT2D eigenvalue weighted by atomic mass is 35.5. The van der Waals surface area contributed by atoms with Gasteiger partial charge in [0, 0.05) is 22.7 Å². The first kappa shape index (κ1) is 14.9. The molecule has 0 spiro atoms. The Labute approximate surface area is 127 Å². The highest BCUT2D eigenvalue weighted by Gasteiger charge is 2.17. The summed E-state index contributed by atoms with van der Waals surface area (Å²) in [5, 5.41) is 4.84. The van der Waals surface area contributed by atoms with Gasteiger partial charge in [0.25, 0.3) is 0 Å². The van der Waals surface area contributed by atoms with Crippen LogP contribution in [0.5, 0.6) is 0 Å². The second kappa shape index (κ2) is 6.81. The normalized spacial score (nSPS) is 10.6. The number of thioether (sulfide) groups is 1. The molecule has 0 aliphatic heterocycles. The van der Waals surface area contributed by atoms with Crippen LogP contribution in [0.4, 0.5) is 0 Å². The van der Waals surface area contributed by atoms with Crippen LogP contribution in [0.25, 0.3) is 0 Å². The fourth-order valence-corrected chi connectivity index (χ4v) is 2.80. The molecule has 20 heavy (non-hydrogen) atoms. The van der Waals surface area contributed by atoms with Crippen molar-refractivity contribution in [3.05, 3.63) is 46.7 Å². The standard InChI is InChI=1S/C14H15ClN2O2S/c1-3-19-14(18)12-8-16-17(2)13(12)9-20-11-6-4-10(15)5-7-11/h4-8H,3,9H2,1-2H3. The van der Waals surface area contributed by atoms with E-state index in [0.29, 0.717) is 22.9 Å². The van der Waals surface area contributed by atoms with E-state index >= 15 is 0 Å². The number of aromatic nitrogens is 2. The number of hydrogen-bond donors (Lipinski definition) is 0. The molecule has 0 fully saturated rings. The summed E-state index contributed by atoms with van der Waals surface area (Å²) in [4.78, 5) is 12.9. The topological polar surface area (TPSA) is 44.1 Å². The van der Waals surface area contributed by atoms with E-state index < -0.39 is 0 Å². The first-order chi connectivity index (χ1) is 9.61. The molecule has 0 aliphatic carbocycles. The molecular weight excluding hydrogens is 296 g/mol. The molecule has 0 N–H and O–H groups in total. The average molecular weight is 311 g/mol. The lowest BCUT2D eigenvalue weighted by Crippen LogP contribution is -2.08. The first-order valence-corrected chi connectivity index (χ1v) is 7.54. The Balaban J connectivity index is 2.11. The molecule has 6 heteroatoms. The summed E-state index contributed by atoms with van der Waals surface area (Å²) in [7, 11) is 1.82. The summed E-state index contributed by atoms with van der Waals surface area (Å²) in [5.41, 5.74) is 1.37. The number of aryl methyl sites for hydroxylation is 1. The molecule has 0 saturated carbocycles. The molecular formula is C14H15ClN2O2S. The zero-order valence-electron chi connectivity index (χ0n) is 11.3. The van der Waals surface area contributed by atoms with Crippen LogP contribution in [-0.4, -0.2) is 22.4 Å². The molecule has 0 amide bonds. The SMILES string of the molecule is CCOC(=O)c1cnn(C)c1CSc1ccc(Cl)cc1. The van der Waals surface area contributed by atoms with Crippen molar-refractivity contribution < 1.29 is 9.53 Å². The molecule has 1 aromatic carbocycles. The minimum Gasteiger partial charge on any atom is -0.462 e. The predicted molar refractivity (Wildman–Crippen MR) is 80.2 cm³/mol. The van der Waals surface area contributed by atoms with Crippen molar-refractivity contribution in [3.63, 3.8) is 0 Å². The molecule has 1 aromatic heterocycles. The molecule has 0 radical (unpaired) electrons. The van der Waals surface area contributed by atoms with Gasteiger partial charge in [-0.15, -0.1) is 11.8 Å². The lowest BCUT2D eigenvalue weighted by molar-refractivity contribution is 0.0525. The summed E-state index contributed by atoms with van der Waals surface area (Å²) in [6.07, 6.45) is 1.55. The van der Waals surface area contributed by atoms with Crippen molar-refractivity contribution >= 4 is 29.3 Å². The lowest BCUT2D eigenvalue weighted by Gasteiger charge is -2.06. The van der Waals surface area contributed by atoms with Gasteiger partial charge in [-0.3, -0.25) is 4.68 Å². The number of rotatable bonds is 5. The molecule has 106 valence electrons. The quantitative estimate of drug-likeness (QED) is 0.626. The number of halogens is 1. The van der Waals surface area contributed by atoms with Crippen molar-refractivity contribution in [1.29, 1.82) is 0 Å². The highest BCUT2D eigenvalue weighted by molar-refractivity contribution is 7.98. The number of benzene rings is 1. The maximum atomic E-state index is 11.8. The van der Waals surface area contributed by atoms with Crippen LogP contribution in [0, 0.1) is 0 Å². The van der Waals surface area contributed by atoms with E-state index in [4.69, 9.17) is 16.3 Å². The predicted octanol–water partition coefficient (Wildman–Crippen LogP) is 3.54. The molecule has 2 rings (SSSR count). The fraction of sp³-hybridized carbons (Fsp3) is 0.286. The van der Waals surface area contributed by atoms with Crippen molar-refractivity contribution in [2.75, 3.05) is 6.61 Å². The van der Waals surface area contributed by atoms with Crippen LogP contribution >= 0.6 is 23.4 Å². The molecule has 0 unspecified atom stereocenters. The van der Waals surface area contributed by atoms with Gasteiger partial charge in [-0.2, -0.15) is 5.10 Å². The lowest BCUT2D eigenvalue weighted by atomic mass is 10.3. The monoisotopic (exact) mass is 310 g/mol. The highest BCUT2D eigenvalue weighted by Crippen LogP contribution is 2.25. The number of carbonyl (C=O) groups is 1. The zero-order valence-corrected chi connectivity index (χ0v) is 12.9. The first-order valence-electron chi connectivity index (χ1n) is 6.18. The Hall–Kier alpha value is -1.46. The Morgan fingerprint density at radius 3 is 2.75 bits per heavy atom. The van der Waals surface area contributed by atoms with E-state index in [1.165, 1.54) is 0 Å². The second-order valence-corrected chi connectivity index (χ2v) is 5.58. The van der Waals surface area contributed by atoms with Gasteiger partial charge in [0.15, 0.2) is 0 Å². The van der Waals surface area contributed by atoms with Gasteiger partial charge < -0.3 is 4.74 Å². The van der Waals surface area contributed by atoms with Gasteiger partial charge in [-0.05, 0) is 31.2 Å². The van der Waals surface area contributed by atoms with Crippen molar-refractivity contribution in [2.45, 2.75) is 17.6 Å². The van der Waals surface area contributed by atoms with E-state index in [1.807, 2.05) is 31.3 Å². The van der Waals surface area contributed by atoms with Crippen LogP contribution < -0.4 is 0 Å². The maximum absolute atomic E-state index is 11.8. The van der Waals surface area contributed by atoms with Crippen LogP contribution in [-0.2, 0) is 17.5 Å². The Bertz CT molecular complexity index is 596. The van der Waals surface area contributed by atoms with Gasteiger partial charge in [0.1, 0.15) is 5.56 Å². The summed E-state index contributed by atoms with van der Waals surface area (Å²) in [6.45, 7) is 2.15. The number of esters is 1. The number of nitrogens with zero attached hydrogens (tertiary/aromatic N) is 2. The maximum Gasteiger partial charge on any atom is 0.341 e. The van der Waals surface area contributed by atoms with Crippen molar-refractivity contribution in [1.82, 2.24) is 9.78 Å². The van der Waals surface area contributed by atoms with E-state index in [1.54, 1.807) is 29.6 Å². The van der Waals surface area contributed by atoms with Crippen LogP contribution in [0.3, 0.4) is 0 Å². The smallest absolute Gasteiger partial charge is 0.341 e. The summed E-state index contributed by atoms with van der Waals surface area (Å²) in [6, 6.07) is 7.60. The Morgan fingerprint density at radius 1 is 1.40 bits per heavy atom.